The van der Waals surface area contributed by atoms with Crippen molar-refractivity contribution in [3.8, 4) is 10.6 Å². The molecule has 0 saturated heterocycles. The molecule has 1 aromatic heterocycles. The minimum atomic E-state index is -0.662. The fourth-order valence-electron chi connectivity index (χ4n) is 2.76. The van der Waals surface area contributed by atoms with Crippen molar-refractivity contribution >= 4 is 28.8 Å². The fourth-order valence-corrected chi connectivity index (χ4v) is 3.81. The third kappa shape index (κ3) is 5.04. The minimum absolute atomic E-state index is 0.385. The zero-order valence-electron chi connectivity index (χ0n) is 16.2. The van der Waals surface area contributed by atoms with Crippen LogP contribution in [0.3, 0.4) is 0 Å². The molecule has 0 atom stereocenters. The number of aryl methyl sites for hydroxylation is 3. The minimum Gasteiger partial charge on any atom is -0.347 e. The second kappa shape index (κ2) is 8.80. The standard InChI is InChI=1S/C22H23N3O2S/c1-14-7-9-18(10-8-14)25-21(27)20(26)23-12-11-19-16(3)24-22(28-19)17-6-4-5-15(2)13-17/h4-10,13H,11-12H2,1-3H3,(H,23,26)(H,25,27). The third-order valence-corrected chi connectivity index (χ3v) is 5.58. The number of hydrogen-bond donors (Lipinski definition) is 2. The molecule has 2 N–H and O–H groups in total. The molecule has 3 rings (SSSR count). The van der Waals surface area contributed by atoms with Crippen LogP contribution >= 0.6 is 11.3 Å². The van der Waals surface area contributed by atoms with E-state index >= 15 is 0 Å². The molecule has 0 aliphatic carbocycles. The van der Waals surface area contributed by atoms with Gasteiger partial charge >= 0.3 is 11.8 Å². The lowest BCUT2D eigenvalue weighted by molar-refractivity contribution is -0.136. The van der Waals surface area contributed by atoms with E-state index in [0.29, 0.717) is 18.7 Å². The molecule has 6 heteroatoms. The Kier molecular flexibility index (Phi) is 6.21. The summed E-state index contributed by atoms with van der Waals surface area (Å²) in [6.45, 7) is 6.37. The van der Waals surface area contributed by atoms with Gasteiger partial charge in [0, 0.05) is 29.1 Å². The summed E-state index contributed by atoms with van der Waals surface area (Å²) >= 11 is 1.62. The first kappa shape index (κ1) is 19.8. The number of hydrogen-bond acceptors (Lipinski definition) is 4. The van der Waals surface area contributed by atoms with Gasteiger partial charge in [0.1, 0.15) is 5.01 Å². The fraction of sp³-hybridized carbons (Fsp3) is 0.227. The van der Waals surface area contributed by atoms with Gasteiger partial charge < -0.3 is 10.6 Å². The highest BCUT2D eigenvalue weighted by atomic mass is 32.1. The lowest BCUT2D eigenvalue weighted by atomic mass is 10.1. The van der Waals surface area contributed by atoms with Crippen LogP contribution in [-0.4, -0.2) is 23.3 Å². The first-order chi connectivity index (χ1) is 13.4. The number of rotatable bonds is 5. The van der Waals surface area contributed by atoms with E-state index in [0.717, 1.165) is 26.7 Å². The van der Waals surface area contributed by atoms with Crippen molar-refractivity contribution in [2.75, 3.05) is 11.9 Å². The zero-order chi connectivity index (χ0) is 20.1. The van der Waals surface area contributed by atoms with E-state index < -0.39 is 11.8 Å². The van der Waals surface area contributed by atoms with E-state index in [1.54, 1.807) is 23.5 Å². The number of benzene rings is 2. The van der Waals surface area contributed by atoms with E-state index in [-0.39, 0.29) is 0 Å². The van der Waals surface area contributed by atoms with Crippen molar-refractivity contribution in [1.82, 2.24) is 10.3 Å². The van der Waals surface area contributed by atoms with Gasteiger partial charge in [-0.25, -0.2) is 4.98 Å². The van der Waals surface area contributed by atoms with Gasteiger partial charge in [0.2, 0.25) is 0 Å². The monoisotopic (exact) mass is 393 g/mol. The number of carbonyl (C=O) groups is 2. The number of anilines is 1. The number of carbonyl (C=O) groups excluding carboxylic acids is 2. The summed E-state index contributed by atoms with van der Waals surface area (Å²) < 4.78 is 0. The van der Waals surface area contributed by atoms with Gasteiger partial charge in [-0.1, -0.05) is 41.5 Å². The van der Waals surface area contributed by atoms with Crippen molar-refractivity contribution in [3.63, 3.8) is 0 Å². The summed E-state index contributed by atoms with van der Waals surface area (Å²) in [5, 5.41) is 6.25. The number of nitrogens with one attached hydrogen (secondary N) is 2. The molecule has 0 bridgehead atoms. The highest BCUT2D eigenvalue weighted by Gasteiger charge is 2.14. The van der Waals surface area contributed by atoms with Crippen molar-refractivity contribution in [2.45, 2.75) is 27.2 Å². The van der Waals surface area contributed by atoms with Gasteiger partial charge in [-0.2, -0.15) is 0 Å². The molecule has 1 heterocycles. The van der Waals surface area contributed by atoms with Crippen LogP contribution in [0, 0.1) is 20.8 Å². The lowest BCUT2D eigenvalue weighted by Crippen LogP contribution is -2.36. The van der Waals surface area contributed by atoms with Gasteiger partial charge in [0.25, 0.3) is 0 Å². The smallest absolute Gasteiger partial charge is 0.313 e. The topological polar surface area (TPSA) is 71.1 Å². The van der Waals surface area contributed by atoms with Crippen LogP contribution in [0.5, 0.6) is 0 Å². The predicted molar refractivity (Wildman–Crippen MR) is 114 cm³/mol. The summed E-state index contributed by atoms with van der Waals surface area (Å²) in [4.78, 5) is 29.8. The number of aromatic nitrogens is 1. The highest BCUT2D eigenvalue weighted by Crippen LogP contribution is 2.28. The predicted octanol–water partition coefficient (Wildman–Crippen LogP) is 4.03. The Morgan fingerprint density at radius 2 is 1.71 bits per heavy atom. The molecule has 5 nitrogen and oxygen atoms in total. The number of nitrogens with zero attached hydrogens (tertiary/aromatic N) is 1. The van der Waals surface area contributed by atoms with Crippen LogP contribution in [0.25, 0.3) is 10.6 Å². The Hall–Kier alpha value is -2.99. The van der Waals surface area contributed by atoms with E-state index in [1.165, 1.54) is 5.56 Å². The molecule has 0 radical (unpaired) electrons. The highest BCUT2D eigenvalue weighted by molar-refractivity contribution is 7.15. The molecule has 144 valence electrons. The van der Waals surface area contributed by atoms with Crippen LogP contribution in [0.1, 0.15) is 21.7 Å². The van der Waals surface area contributed by atoms with Crippen molar-refractivity contribution in [1.29, 1.82) is 0 Å². The first-order valence-corrected chi connectivity index (χ1v) is 9.93. The zero-order valence-corrected chi connectivity index (χ0v) is 17.0. The first-order valence-electron chi connectivity index (χ1n) is 9.11. The molecule has 2 amide bonds. The second-order valence-electron chi connectivity index (χ2n) is 6.72. The molecule has 0 spiro atoms. The van der Waals surface area contributed by atoms with Gasteiger partial charge in [0.05, 0.1) is 5.69 Å². The van der Waals surface area contributed by atoms with Crippen LogP contribution in [0.2, 0.25) is 0 Å². The maximum atomic E-state index is 12.0. The average molecular weight is 394 g/mol. The van der Waals surface area contributed by atoms with E-state index in [2.05, 4.69) is 34.7 Å². The quantitative estimate of drug-likeness (QED) is 0.643. The Morgan fingerprint density at radius 3 is 2.43 bits per heavy atom. The normalized spacial score (nSPS) is 10.5. The van der Waals surface area contributed by atoms with Gasteiger partial charge in [0.15, 0.2) is 0 Å². The van der Waals surface area contributed by atoms with E-state index in [9.17, 15) is 9.59 Å². The maximum Gasteiger partial charge on any atom is 0.313 e. The molecule has 0 saturated carbocycles. The van der Waals surface area contributed by atoms with Crippen LogP contribution < -0.4 is 10.6 Å². The molecule has 28 heavy (non-hydrogen) atoms. The summed E-state index contributed by atoms with van der Waals surface area (Å²) in [5.74, 6) is -1.30. The van der Waals surface area contributed by atoms with Gasteiger partial charge in [-0.05, 0) is 39.0 Å². The maximum absolute atomic E-state index is 12.0. The van der Waals surface area contributed by atoms with Crippen molar-refractivity contribution < 1.29 is 9.59 Å². The molecule has 0 aliphatic rings. The number of thiazole rings is 1. The van der Waals surface area contributed by atoms with Gasteiger partial charge in [-0.15, -0.1) is 11.3 Å². The lowest BCUT2D eigenvalue weighted by Gasteiger charge is -2.06. The molecule has 0 fully saturated rings. The van der Waals surface area contributed by atoms with Gasteiger partial charge in [-0.3, -0.25) is 9.59 Å². The van der Waals surface area contributed by atoms with Crippen LogP contribution in [0.15, 0.2) is 48.5 Å². The SMILES string of the molecule is Cc1ccc(NC(=O)C(=O)NCCc2sc(-c3cccc(C)c3)nc2C)cc1. The summed E-state index contributed by atoms with van der Waals surface area (Å²) in [7, 11) is 0. The van der Waals surface area contributed by atoms with E-state index in [4.69, 9.17) is 0 Å². The summed E-state index contributed by atoms with van der Waals surface area (Å²) in [6.07, 6.45) is 0.638. The average Bonchev–Trinajstić information content (AvgIpc) is 3.04. The van der Waals surface area contributed by atoms with E-state index in [1.807, 2.05) is 38.1 Å². The van der Waals surface area contributed by atoms with Crippen molar-refractivity contribution in [2.24, 2.45) is 0 Å². The van der Waals surface area contributed by atoms with Crippen LogP contribution in [-0.2, 0) is 16.0 Å². The second-order valence-corrected chi connectivity index (χ2v) is 7.81. The Balaban J connectivity index is 1.54. The Labute approximate surface area is 168 Å². The molecular weight excluding hydrogens is 370 g/mol. The summed E-state index contributed by atoms with van der Waals surface area (Å²) in [6, 6.07) is 15.5. The largest absolute Gasteiger partial charge is 0.347 e. The molecular formula is C22H23N3O2S. The summed E-state index contributed by atoms with van der Waals surface area (Å²) in [5.41, 5.74) is 4.94. The molecule has 3 aromatic rings. The van der Waals surface area contributed by atoms with Crippen LogP contribution in [0.4, 0.5) is 5.69 Å². The number of amides is 2. The molecule has 2 aromatic carbocycles. The Morgan fingerprint density at radius 1 is 0.964 bits per heavy atom. The third-order valence-electron chi connectivity index (χ3n) is 4.31. The molecule has 0 aliphatic heterocycles. The molecule has 0 unspecified atom stereocenters. The van der Waals surface area contributed by atoms with Crippen molar-refractivity contribution in [3.05, 3.63) is 70.2 Å². The Bertz CT molecular complexity index is 993.